The Morgan fingerprint density at radius 3 is 2.19 bits per heavy atom. The molecule has 0 aliphatic heterocycles. The predicted octanol–water partition coefficient (Wildman–Crippen LogP) is -0.282. The van der Waals surface area contributed by atoms with Crippen molar-refractivity contribution >= 4 is 40.7 Å². The molecule has 0 spiro atoms. The van der Waals surface area contributed by atoms with Gasteiger partial charge in [-0.1, -0.05) is 34.8 Å². The zero-order valence-electron chi connectivity index (χ0n) is 8.11. The van der Waals surface area contributed by atoms with Gasteiger partial charge in [0.2, 0.25) is 0 Å². The molecule has 0 aromatic rings. The van der Waals surface area contributed by atoms with Crippen LogP contribution >= 0.6 is 34.8 Å². The number of carbonyl (C=O) groups is 1. The van der Waals surface area contributed by atoms with Crippen molar-refractivity contribution in [2.45, 2.75) is 41.0 Å². The normalized spacial score (nSPS) is 35.9. The summed E-state index contributed by atoms with van der Waals surface area (Å²) in [6.45, 7) is 0. The van der Waals surface area contributed by atoms with Gasteiger partial charge < -0.3 is 20.6 Å². The molecule has 1 rings (SSSR count). The molecule has 0 heterocycles. The van der Waals surface area contributed by atoms with E-state index in [2.05, 4.69) is 5.32 Å². The van der Waals surface area contributed by atoms with Gasteiger partial charge >= 0.3 is 0 Å². The average Bonchev–Trinajstić information content (AvgIpc) is 2.17. The number of halogens is 3. The molecule has 0 aromatic heterocycles. The summed E-state index contributed by atoms with van der Waals surface area (Å²) < 4.78 is -2.11. The number of amides is 1. The average molecular weight is 293 g/mol. The van der Waals surface area contributed by atoms with Gasteiger partial charge in [0.25, 0.3) is 9.70 Å². The number of carbonyl (C=O) groups excluding carboxylic acids is 1. The first-order valence-corrected chi connectivity index (χ1v) is 5.78. The zero-order valence-corrected chi connectivity index (χ0v) is 10.4. The molecule has 8 heteroatoms. The Labute approximate surface area is 107 Å². The molecule has 0 unspecified atom stereocenters. The van der Waals surface area contributed by atoms with E-state index in [1.807, 2.05) is 0 Å². The van der Waals surface area contributed by atoms with E-state index in [4.69, 9.17) is 34.8 Å². The third kappa shape index (κ3) is 3.35. The van der Waals surface area contributed by atoms with Crippen LogP contribution in [0.4, 0.5) is 0 Å². The van der Waals surface area contributed by atoms with Crippen molar-refractivity contribution in [3.05, 3.63) is 0 Å². The highest BCUT2D eigenvalue weighted by atomic mass is 35.6. The second-order valence-electron chi connectivity index (χ2n) is 3.70. The number of hydrogen-bond donors (Lipinski definition) is 4. The van der Waals surface area contributed by atoms with Crippen LogP contribution in [0.25, 0.3) is 0 Å². The van der Waals surface area contributed by atoms with Crippen molar-refractivity contribution in [3.63, 3.8) is 0 Å². The van der Waals surface area contributed by atoms with Crippen molar-refractivity contribution in [3.8, 4) is 0 Å². The first-order chi connectivity index (χ1) is 7.23. The summed E-state index contributed by atoms with van der Waals surface area (Å²) in [5, 5.41) is 30.5. The van der Waals surface area contributed by atoms with E-state index in [1.54, 1.807) is 0 Å². The van der Waals surface area contributed by atoms with Crippen LogP contribution < -0.4 is 5.32 Å². The maximum atomic E-state index is 11.3. The van der Waals surface area contributed by atoms with Gasteiger partial charge in [-0.2, -0.15) is 0 Å². The monoisotopic (exact) mass is 291 g/mol. The standard InChI is InChI=1S/C8H12Cl3NO4/c9-8(10,11)7(16)12-3-1-2-4(13)6(15)5(3)14/h3-6,13-15H,1-2H2,(H,12,16)/t3-,4-,5-,6-/m0/s1. The molecule has 1 aliphatic carbocycles. The molecule has 0 radical (unpaired) electrons. The SMILES string of the molecule is O=C(N[C@H]1CC[C@H](O)[C@H](O)[C@H]1O)C(Cl)(Cl)Cl. The van der Waals surface area contributed by atoms with E-state index < -0.39 is 34.1 Å². The Morgan fingerprint density at radius 2 is 1.69 bits per heavy atom. The summed E-state index contributed by atoms with van der Waals surface area (Å²) in [6.07, 6.45) is -3.04. The molecule has 0 saturated heterocycles. The van der Waals surface area contributed by atoms with Crippen LogP contribution in [0.3, 0.4) is 0 Å². The lowest BCUT2D eigenvalue weighted by Gasteiger charge is -2.35. The van der Waals surface area contributed by atoms with Crippen LogP contribution in [0.2, 0.25) is 0 Å². The van der Waals surface area contributed by atoms with Crippen LogP contribution in [-0.2, 0) is 4.79 Å². The molecule has 0 aromatic carbocycles. The molecular weight excluding hydrogens is 280 g/mol. The van der Waals surface area contributed by atoms with E-state index in [1.165, 1.54) is 0 Å². The molecule has 94 valence electrons. The topological polar surface area (TPSA) is 89.8 Å². The molecule has 5 nitrogen and oxygen atoms in total. The van der Waals surface area contributed by atoms with Crippen molar-refractivity contribution in [2.75, 3.05) is 0 Å². The van der Waals surface area contributed by atoms with Crippen LogP contribution in [0.15, 0.2) is 0 Å². The van der Waals surface area contributed by atoms with Crippen molar-refractivity contribution in [1.29, 1.82) is 0 Å². The van der Waals surface area contributed by atoms with Crippen LogP contribution in [-0.4, -0.2) is 49.4 Å². The summed E-state index contributed by atoms with van der Waals surface area (Å²) in [6, 6.07) is -0.735. The maximum Gasteiger partial charge on any atom is 0.272 e. The Bertz CT molecular complexity index is 270. The number of nitrogens with one attached hydrogen (secondary N) is 1. The number of alkyl halides is 3. The number of hydrogen-bond acceptors (Lipinski definition) is 4. The number of rotatable bonds is 1. The molecule has 0 bridgehead atoms. The number of aliphatic hydroxyl groups is 3. The second kappa shape index (κ2) is 5.25. The molecule has 4 atom stereocenters. The Balaban J connectivity index is 2.59. The fraction of sp³-hybridized carbons (Fsp3) is 0.875. The van der Waals surface area contributed by atoms with E-state index in [9.17, 15) is 20.1 Å². The van der Waals surface area contributed by atoms with Gasteiger partial charge in [-0.25, -0.2) is 0 Å². The molecule has 4 N–H and O–H groups in total. The van der Waals surface area contributed by atoms with Crippen LogP contribution in [0.1, 0.15) is 12.8 Å². The van der Waals surface area contributed by atoms with Gasteiger partial charge in [-0.15, -0.1) is 0 Å². The van der Waals surface area contributed by atoms with Crippen LogP contribution in [0.5, 0.6) is 0 Å². The maximum absolute atomic E-state index is 11.3. The largest absolute Gasteiger partial charge is 0.390 e. The van der Waals surface area contributed by atoms with Crippen molar-refractivity contribution < 1.29 is 20.1 Å². The van der Waals surface area contributed by atoms with Crippen molar-refractivity contribution in [1.82, 2.24) is 5.32 Å². The Morgan fingerprint density at radius 1 is 1.12 bits per heavy atom. The quantitative estimate of drug-likeness (QED) is 0.500. The smallest absolute Gasteiger partial charge is 0.272 e. The van der Waals surface area contributed by atoms with Gasteiger partial charge in [0.15, 0.2) is 0 Å². The number of aliphatic hydroxyl groups excluding tert-OH is 3. The highest BCUT2D eigenvalue weighted by Gasteiger charge is 2.40. The highest BCUT2D eigenvalue weighted by Crippen LogP contribution is 2.27. The molecular formula is C8H12Cl3NO4. The summed E-state index contributed by atoms with van der Waals surface area (Å²) in [5.41, 5.74) is 0. The van der Waals surface area contributed by atoms with Crippen LogP contribution in [0, 0.1) is 0 Å². The van der Waals surface area contributed by atoms with E-state index >= 15 is 0 Å². The molecule has 1 amide bonds. The minimum atomic E-state index is -2.11. The molecule has 1 saturated carbocycles. The first-order valence-electron chi connectivity index (χ1n) is 4.65. The highest BCUT2D eigenvalue weighted by molar-refractivity contribution is 6.76. The summed E-state index contributed by atoms with van der Waals surface area (Å²) >= 11 is 16.0. The lowest BCUT2D eigenvalue weighted by atomic mass is 9.88. The lowest BCUT2D eigenvalue weighted by molar-refractivity contribution is -0.127. The third-order valence-electron chi connectivity index (χ3n) is 2.50. The lowest BCUT2D eigenvalue weighted by Crippen LogP contribution is -2.57. The summed E-state index contributed by atoms with van der Waals surface area (Å²) in [4.78, 5) is 11.3. The minimum Gasteiger partial charge on any atom is -0.390 e. The third-order valence-corrected chi connectivity index (χ3v) is 3.02. The minimum absolute atomic E-state index is 0.253. The van der Waals surface area contributed by atoms with Gasteiger partial charge in [-0.05, 0) is 12.8 Å². The second-order valence-corrected chi connectivity index (χ2v) is 5.98. The van der Waals surface area contributed by atoms with Gasteiger partial charge in [0.05, 0.1) is 12.1 Å². The summed E-state index contributed by atoms with van der Waals surface area (Å²) in [7, 11) is 0. The zero-order chi connectivity index (χ0) is 12.5. The Hall–Kier alpha value is 0.220. The summed E-state index contributed by atoms with van der Waals surface area (Å²) in [5.74, 6) is -0.870. The molecule has 16 heavy (non-hydrogen) atoms. The van der Waals surface area contributed by atoms with E-state index in [0.29, 0.717) is 6.42 Å². The predicted molar refractivity (Wildman–Crippen MR) is 59.5 cm³/mol. The first kappa shape index (κ1) is 14.3. The van der Waals surface area contributed by atoms with Gasteiger partial charge in [0, 0.05) is 0 Å². The fourth-order valence-corrected chi connectivity index (χ4v) is 1.73. The van der Waals surface area contributed by atoms with Crippen molar-refractivity contribution in [2.24, 2.45) is 0 Å². The van der Waals surface area contributed by atoms with E-state index in [-0.39, 0.29) is 6.42 Å². The van der Waals surface area contributed by atoms with Gasteiger partial charge in [0.1, 0.15) is 12.2 Å². The van der Waals surface area contributed by atoms with E-state index in [0.717, 1.165) is 0 Å². The Kier molecular flexibility index (Phi) is 4.68. The van der Waals surface area contributed by atoms with Gasteiger partial charge in [-0.3, -0.25) is 4.79 Å². The molecule has 1 aliphatic rings. The fourth-order valence-electron chi connectivity index (χ4n) is 1.57. The molecule has 1 fully saturated rings.